The van der Waals surface area contributed by atoms with E-state index in [1.807, 2.05) is 42.5 Å². The van der Waals surface area contributed by atoms with Gasteiger partial charge in [0, 0.05) is 48.5 Å². The van der Waals surface area contributed by atoms with Gasteiger partial charge in [0.2, 0.25) is 5.91 Å². The van der Waals surface area contributed by atoms with Gasteiger partial charge in [0.25, 0.3) is 5.91 Å². The minimum Gasteiger partial charge on any atom is -0.367 e. The molecule has 1 aromatic heterocycles. The molecule has 10 heteroatoms. The largest absolute Gasteiger partial charge is 0.367 e. The second-order valence-electron chi connectivity index (χ2n) is 8.81. The van der Waals surface area contributed by atoms with E-state index >= 15 is 0 Å². The van der Waals surface area contributed by atoms with Crippen molar-refractivity contribution in [2.24, 2.45) is 0 Å². The Kier molecular flexibility index (Phi) is 7.88. The van der Waals surface area contributed by atoms with Gasteiger partial charge >= 0.3 is 0 Å². The number of nitrogens with zero attached hydrogens (tertiary/aromatic N) is 3. The third-order valence-corrected chi connectivity index (χ3v) is 7.49. The zero-order valence-electron chi connectivity index (χ0n) is 20.3. The summed E-state index contributed by atoms with van der Waals surface area (Å²) in [5, 5.41) is 8.54. The summed E-state index contributed by atoms with van der Waals surface area (Å²) in [6, 6.07) is 20.0. The van der Waals surface area contributed by atoms with Gasteiger partial charge in [-0.3, -0.25) is 14.6 Å². The quantitative estimate of drug-likeness (QED) is 0.298. The maximum Gasteiger partial charge on any atom is 0.253 e. The Bertz CT molecular complexity index is 1510. The molecule has 0 saturated carbocycles. The highest BCUT2D eigenvalue weighted by Gasteiger charge is 2.23. The van der Waals surface area contributed by atoms with E-state index < -0.39 is 0 Å². The normalized spacial score (nSPS) is 13.4. The lowest BCUT2D eigenvalue weighted by atomic mass is 10.1. The molecule has 1 fully saturated rings. The van der Waals surface area contributed by atoms with Crippen LogP contribution >= 0.6 is 34.8 Å². The lowest BCUT2D eigenvalue weighted by molar-refractivity contribution is -0.130. The first-order valence-corrected chi connectivity index (χ1v) is 13.2. The van der Waals surface area contributed by atoms with Crippen molar-refractivity contribution in [1.29, 1.82) is 0 Å². The molecule has 5 rings (SSSR count). The second kappa shape index (κ2) is 11.5. The van der Waals surface area contributed by atoms with Gasteiger partial charge in [0.1, 0.15) is 0 Å². The van der Waals surface area contributed by atoms with Gasteiger partial charge in [-0.1, -0.05) is 53.0 Å². The molecule has 2 heterocycles. The van der Waals surface area contributed by atoms with Crippen LogP contribution < -0.4 is 15.5 Å². The summed E-state index contributed by atoms with van der Waals surface area (Å²) < 4.78 is 0. The molecule has 0 spiro atoms. The molecule has 2 N–H and O–H groups in total. The average molecular weight is 569 g/mol. The number of nitrogens with one attached hydrogen (secondary N) is 2. The number of hydrogen-bond acceptors (Lipinski definition) is 5. The van der Waals surface area contributed by atoms with Crippen LogP contribution in [0.15, 0.2) is 72.9 Å². The molecule has 0 aliphatic carbocycles. The molecule has 0 atom stereocenters. The van der Waals surface area contributed by atoms with Crippen LogP contribution in [0.25, 0.3) is 10.9 Å². The molecule has 1 aliphatic heterocycles. The highest BCUT2D eigenvalue weighted by atomic mass is 35.5. The molecule has 194 valence electrons. The van der Waals surface area contributed by atoms with Crippen molar-refractivity contribution in [1.82, 2.24) is 15.2 Å². The first kappa shape index (κ1) is 26.1. The summed E-state index contributed by atoms with van der Waals surface area (Å²) in [6.45, 7) is 2.19. The fraction of sp³-hybridized carbons (Fsp3) is 0.179. The lowest BCUT2D eigenvalue weighted by Gasteiger charge is -2.36. The molecule has 1 aliphatic rings. The number of carbonyl (C=O) groups is 2. The first-order chi connectivity index (χ1) is 18.4. The van der Waals surface area contributed by atoms with Crippen molar-refractivity contribution in [3.05, 3.63) is 93.6 Å². The molecule has 2 amide bonds. The van der Waals surface area contributed by atoms with Gasteiger partial charge in [0.15, 0.2) is 0 Å². The number of piperazine rings is 1. The minimum absolute atomic E-state index is 0.0983. The van der Waals surface area contributed by atoms with Crippen molar-refractivity contribution in [3.8, 4) is 0 Å². The third-order valence-electron chi connectivity index (χ3n) is 6.45. The van der Waals surface area contributed by atoms with E-state index in [1.165, 1.54) is 0 Å². The number of carbonyl (C=O) groups excluding carboxylic acids is 2. The summed E-state index contributed by atoms with van der Waals surface area (Å²) >= 11 is 18.7. The molecule has 0 bridgehead atoms. The number of pyridine rings is 1. The number of halogens is 3. The Morgan fingerprint density at radius 3 is 2.47 bits per heavy atom. The van der Waals surface area contributed by atoms with E-state index in [-0.39, 0.29) is 18.4 Å². The smallest absolute Gasteiger partial charge is 0.253 e. The molecule has 0 radical (unpaired) electrons. The van der Waals surface area contributed by atoms with Gasteiger partial charge in [-0.25, -0.2) is 0 Å². The Morgan fingerprint density at radius 1 is 0.868 bits per heavy atom. The fourth-order valence-corrected chi connectivity index (χ4v) is 5.05. The number of para-hydroxylation sites is 1. The van der Waals surface area contributed by atoms with Gasteiger partial charge < -0.3 is 20.4 Å². The molecule has 1 saturated heterocycles. The van der Waals surface area contributed by atoms with Gasteiger partial charge in [-0.15, -0.1) is 0 Å². The van der Waals surface area contributed by atoms with Gasteiger partial charge in [-0.2, -0.15) is 0 Å². The molecule has 4 aromatic rings. The van der Waals surface area contributed by atoms with Crippen LogP contribution in [0, 0.1) is 0 Å². The number of hydrogen-bond donors (Lipinski definition) is 2. The number of fused-ring (bicyclic) bond motifs is 1. The zero-order chi connectivity index (χ0) is 26.6. The Labute approximate surface area is 235 Å². The zero-order valence-corrected chi connectivity index (χ0v) is 22.5. The molecule has 38 heavy (non-hydrogen) atoms. The van der Waals surface area contributed by atoms with Crippen molar-refractivity contribution < 1.29 is 9.59 Å². The average Bonchev–Trinajstić information content (AvgIpc) is 2.94. The molecule has 3 aromatic carbocycles. The van der Waals surface area contributed by atoms with E-state index in [2.05, 4.69) is 20.5 Å². The number of amides is 2. The highest BCUT2D eigenvalue weighted by molar-refractivity contribution is 6.43. The summed E-state index contributed by atoms with van der Waals surface area (Å²) in [5.41, 5.74) is 3.44. The maximum atomic E-state index is 13.1. The Morgan fingerprint density at radius 2 is 1.66 bits per heavy atom. The van der Waals surface area contributed by atoms with Crippen molar-refractivity contribution in [3.63, 3.8) is 0 Å². The van der Waals surface area contributed by atoms with Crippen LogP contribution in [0.5, 0.6) is 0 Å². The second-order valence-corrected chi connectivity index (χ2v) is 10.0. The third kappa shape index (κ3) is 5.65. The molecular weight excluding hydrogens is 545 g/mol. The van der Waals surface area contributed by atoms with Crippen molar-refractivity contribution in [2.45, 2.75) is 0 Å². The Balaban J connectivity index is 1.21. The molecule has 7 nitrogen and oxygen atoms in total. The van der Waals surface area contributed by atoms with E-state index in [4.69, 9.17) is 34.8 Å². The van der Waals surface area contributed by atoms with Crippen molar-refractivity contribution in [2.75, 3.05) is 42.9 Å². The predicted molar refractivity (Wildman–Crippen MR) is 154 cm³/mol. The number of anilines is 3. The van der Waals surface area contributed by atoms with Crippen LogP contribution in [0.3, 0.4) is 0 Å². The fourth-order valence-electron chi connectivity index (χ4n) is 4.46. The first-order valence-electron chi connectivity index (χ1n) is 12.1. The monoisotopic (exact) mass is 567 g/mol. The van der Waals surface area contributed by atoms with Crippen LogP contribution in [-0.4, -0.2) is 54.4 Å². The summed E-state index contributed by atoms with van der Waals surface area (Å²) in [6.07, 6.45) is 1.69. The van der Waals surface area contributed by atoms with E-state index in [9.17, 15) is 9.59 Å². The number of aromatic nitrogens is 1. The Hall–Kier alpha value is -3.52. The van der Waals surface area contributed by atoms with E-state index in [0.717, 1.165) is 22.3 Å². The SMILES string of the molecule is O=C(NCC(=O)N1CCN(c2cccc(Cl)c2Cl)CC1)c1ccccc1Nc1ccnc2ccc(Cl)cc12. The van der Waals surface area contributed by atoms with E-state index in [0.29, 0.717) is 52.5 Å². The van der Waals surface area contributed by atoms with E-state index in [1.54, 1.807) is 35.4 Å². The van der Waals surface area contributed by atoms with Crippen LogP contribution in [0.4, 0.5) is 17.1 Å². The van der Waals surface area contributed by atoms with Crippen LogP contribution in [-0.2, 0) is 4.79 Å². The van der Waals surface area contributed by atoms with Gasteiger partial charge in [0.05, 0.1) is 39.0 Å². The molecule has 0 unspecified atom stereocenters. The van der Waals surface area contributed by atoms with Crippen molar-refractivity contribution >= 4 is 74.6 Å². The standard InChI is InChI=1S/C28H24Cl3N5O2/c29-18-8-9-22-20(16-18)24(10-11-32-22)34-23-6-2-1-4-19(23)28(38)33-17-26(37)36-14-12-35(13-15-36)25-7-3-5-21(30)27(25)31/h1-11,16H,12-15,17H2,(H,32,34)(H,33,38). The molecular formula is C28H24Cl3N5O2. The van der Waals surface area contributed by atoms with Crippen LogP contribution in [0.2, 0.25) is 15.1 Å². The van der Waals surface area contributed by atoms with Crippen LogP contribution in [0.1, 0.15) is 10.4 Å². The summed E-state index contributed by atoms with van der Waals surface area (Å²) in [5.74, 6) is -0.488. The minimum atomic E-state index is -0.345. The lowest BCUT2D eigenvalue weighted by Crippen LogP contribution is -2.51. The summed E-state index contributed by atoms with van der Waals surface area (Å²) in [4.78, 5) is 34.2. The maximum absolute atomic E-state index is 13.1. The topological polar surface area (TPSA) is 77.6 Å². The predicted octanol–water partition coefficient (Wildman–Crippen LogP) is 6.02. The summed E-state index contributed by atoms with van der Waals surface area (Å²) in [7, 11) is 0. The van der Waals surface area contributed by atoms with Gasteiger partial charge in [-0.05, 0) is 48.5 Å². The number of benzene rings is 3. The highest BCUT2D eigenvalue weighted by Crippen LogP contribution is 2.33. The number of rotatable bonds is 6.